The van der Waals surface area contributed by atoms with Gasteiger partial charge in [0, 0.05) is 12.6 Å². The molecule has 0 saturated heterocycles. The van der Waals surface area contributed by atoms with Gasteiger partial charge in [-0.2, -0.15) is 18.3 Å². The van der Waals surface area contributed by atoms with Crippen molar-refractivity contribution in [2.45, 2.75) is 46.5 Å². The molecule has 0 aliphatic rings. The maximum Gasteiger partial charge on any atom is 0.405 e. The number of rotatable bonds is 7. The summed E-state index contributed by atoms with van der Waals surface area (Å²) >= 11 is 0. The highest BCUT2D eigenvalue weighted by atomic mass is 19.4. The lowest BCUT2D eigenvalue weighted by molar-refractivity contribution is -0.120. The summed E-state index contributed by atoms with van der Waals surface area (Å²) in [6, 6.07) is 3.00. The Morgan fingerprint density at radius 2 is 1.81 bits per heavy atom. The number of halogens is 3. The molecule has 0 amide bonds. The molecule has 1 heterocycles. The maximum atomic E-state index is 12.6. The number of nitrogens with zero attached hydrogens (tertiary/aromatic N) is 3. The van der Waals surface area contributed by atoms with Crippen molar-refractivity contribution in [2.24, 2.45) is 5.92 Å². The standard InChI is InChI=1S/C14H23F3N4/c1-10(2)7-18-8-12-5-6-13(20-19-12)21(11(3)4)9-14(15,16)17/h5-6,10-11,18H,7-9H2,1-4H3. The summed E-state index contributed by atoms with van der Waals surface area (Å²) in [5.41, 5.74) is 0.718. The van der Waals surface area contributed by atoms with Crippen LogP contribution in [0.15, 0.2) is 12.1 Å². The third-order valence-electron chi connectivity index (χ3n) is 2.83. The predicted molar refractivity (Wildman–Crippen MR) is 77.1 cm³/mol. The molecule has 0 bridgehead atoms. The Bertz CT molecular complexity index is 415. The van der Waals surface area contributed by atoms with Gasteiger partial charge in [0.05, 0.1) is 5.69 Å². The Labute approximate surface area is 123 Å². The smallest absolute Gasteiger partial charge is 0.344 e. The molecule has 0 aliphatic carbocycles. The Morgan fingerprint density at radius 1 is 1.14 bits per heavy atom. The summed E-state index contributed by atoms with van der Waals surface area (Å²) in [5, 5.41) is 11.1. The van der Waals surface area contributed by atoms with Crippen LogP contribution < -0.4 is 10.2 Å². The molecule has 0 fully saturated rings. The van der Waals surface area contributed by atoms with E-state index >= 15 is 0 Å². The molecule has 1 aromatic rings. The van der Waals surface area contributed by atoms with Crippen LogP contribution in [0.25, 0.3) is 0 Å². The van der Waals surface area contributed by atoms with E-state index in [2.05, 4.69) is 29.4 Å². The molecule has 0 unspecified atom stereocenters. The molecule has 0 spiro atoms. The van der Waals surface area contributed by atoms with Crippen LogP contribution >= 0.6 is 0 Å². The van der Waals surface area contributed by atoms with Gasteiger partial charge in [0.15, 0.2) is 5.82 Å². The second-order valence-electron chi connectivity index (χ2n) is 5.74. The number of alkyl halides is 3. The van der Waals surface area contributed by atoms with Gasteiger partial charge in [-0.3, -0.25) is 0 Å². The lowest BCUT2D eigenvalue weighted by atomic mass is 10.2. The second kappa shape index (κ2) is 7.59. The normalized spacial score (nSPS) is 12.2. The average Bonchev–Trinajstić information content (AvgIpc) is 2.35. The van der Waals surface area contributed by atoms with Crippen LogP contribution in [-0.2, 0) is 6.54 Å². The van der Waals surface area contributed by atoms with E-state index < -0.39 is 12.7 Å². The number of hydrogen-bond acceptors (Lipinski definition) is 4. The van der Waals surface area contributed by atoms with Gasteiger partial charge in [-0.1, -0.05) is 13.8 Å². The van der Waals surface area contributed by atoms with Crippen molar-refractivity contribution >= 4 is 5.82 Å². The van der Waals surface area contributed by atoms with Crippen molar-refractivity contribution in [1.82, 2.24) is 15.5 Å². The van der Waals surface area contributed by atoms with Crippen molar-refractivity contribution in [1.29, 1.82) is 0 Å². The number of hydrogen-bond donors (Lipinski definition) is 1. The summed E-state index contributed by atoms with van der Waals surface area (Å²) in [6.07, 6.45) is -4.26. The van der Waals surface area contributed by atoms with Gasteiger partial charge < -0.3 is 10.2 Å². The number of anilines is 1. The van der Waals surface area contributed by atoms with E-state index in [1.165, 1.54) is 4.90 Å². The molecule has 0 saturated carbocycles. The van der Waals surface area contributed by atoms with Crippen molar-refractivity contribution in [3.05, 3.63) is 17.8 Å². The van der Waals surface area contributed by atoms with Gasteiger partial charge in [0.25, 0.3) is 0 Å². The van der Waals surface area contributed by atoms with Crippen molar-refractivity contribution in [3.63, 3.8) is 0 Å². The van der Waals surface area contributed by atoms with Crippen LogP contribution in [0.2, 0.25) is 0 Å². The summed E-state index contributed by atoms with van der Waals surface area (Å²) < 4.78 is 37.7. The molecule has 120 valence electrons. The van der Waals surface area contributed by atoms with E-state index in [4.69, 9.17) is 0 Å². The highest BCUT2D eigenvalue weighted by Crippen LogP contribution is 2.22. The summed E-state index contributed by atoms with van der Waals surface area (Å²) in [5.74, 6) is 0.774. The Balaban J connectivity index is 2.69. The minimum Gasteiger partial charge on any atom is -0.344 e. The van der Waals surface area contributed by atoms with Gasteiger partial charge in [-0.05, 0) is 38.4 Å². The Morgan fingerprint density at radius 3 is 2.24 bits per heavy atom. The zero-order valence-corrected chi connectivity index (χ0v) is 12.9. The van der Waals surface area contributed by atoms with Gasteiger partial charge in [0.1, 0.15) is 6.54 Å². The molecule has 0 aromatic carbocycles. The largest absolute Gasteiger partial charge is 0.405 e. The summed E-state index contributed by atoms with van der Waals surface area (Å²) in [6.45, 7) is 7.99. The van der Waals surface area contributed by atoms with E-state index in [0.29, 0.717) is 12.5 Å². The summed E-state index contributed by atoms with van der Waals surface area (Å²) in [4.78, 5) is 1.19. The molecule has 1 rings (SSSR count). The topological polar surface area (TPSA) is 41.0 Å². The minimum atomic E-state index is -4.26. The van der Waals surface area contributed by atoms with E-state index in [0.717, 1.165) is 12.2 Å². The van der Waals surface area contributed by atoms with Crippen LogP contribution in [0.4, 0.5) is 19.0 Å². The lowest BCUT2D eigenvalue weighted by Gasteiger charge is -2.28. The highest BCUT2D eigenvalue weighted by Gasteiger charge is 2.32. The number of aromatic nitrogens is 2. The van der Waals surface area contributed by atoms with E-state index in [1.54, 1.807) is 26.0 Å². The first-order valence-electron chi connectivity index (χ1n) is 7.05. The number of nitrogens with one attached hydrogen (secondary N) is 1. The molecular weight excluding hydrogens is 281 g/mol. The molecular formula is C14H23F3N4. The van der Waals surface area contributed by atoms with Crippen LogP contribution in [0.3, 0.4) is 0 Å². The predicted octanol–water partition coefficient (Wildman–Crippen LogP) is 3.00. The molecule has 7 heteroatoms. The quantitative estimate of drug-likeness (QED) is 0.841. The SMILES string of the molecule is CC(C)CNCc1ccc(N(CC(F)(F)F)C(C)C)nn1. The van der Waals surface area contributed by atoms with Gasteiger partial charge >= 0.3 is 6.18 Å². The molecule has 0 radical (unpaired) electrons. The van der Waals surface area contributed by atoms with Crippen LogP contribution in [-0.4, -0.2) is 35.5 Å². The minimum absolute atomic E-state index is 0.245. The van der Waals surface area contributed by atoms with Gasteiger partial charge in [-0.15, -0.1) is 5.10 Å². The zero-order chi connectivity index (χ0) is 16.0. The Hall–Kier alpha value is -1.37. The van der Waals surface area contributed by atoms with Gasteiger partial charge in [-0.25, -0.2) is 0 Å². The molecule has 0 atom stereocenters. The molecule has 1 N–H and O–H groups in total. The molecule has 1 aromatic heterocycles. The van der Waals surface area contributed by atoms with E-state index in [1.807, 2.05) is 0 Å². The third-order valence-corrected chi connectivity index (χ3v) is 2.83. The second-order valence-corrected chi connectivity index (χ2v) is 5.74. The first kappa shape index (κ1) is 17.7. The fourth-order valence-corrected chi connectivity index (χ4v) is 1.81. The third kappa shape index (κ3) is 6.75. The summed E-state index contributed by atoms with van der Waals surface area (Å²) in [7, 11) is 0. The average molecular weight is 304 g/mol. The lowest BCUT2D eigenvalue weighted by Crippen LogP contribution is -2.39. The van der Waals surface area contributed by atoms with E-state index in [9.17, 15) is 13.2 Å². The van der Waals surface area contributed by atoms with Crippen LogP contribution in [0.1, 0.15) is 33.4 Å². The van der Waals surface area contributed by atoms with Crippen LogP contribution in [0, 0.1) is 5.92 Å². The molecule has 4 nitrogen and oxygen atoms in total. The van der Waals surface area contributed by atoms with Crippen molar-refractivity contribution < 1.29 is 13.2 Å². The van der Waals surface area contributed by atoms with E-state index in [-0.39, 0.29) is 11.9 Å². The fourth-order valence-electron chi connectivity index (χ4n) is 1.81. The first-order chi connectivity index (χ1) is 9.69. The van der Waals surface area contributed by atoms with Gasteiger partial charge in [0.2, 0.25) is 0 Å². The van der Waals surface area contributed by atoms with Crippen molar-refractivity contribution in [2.75, 3.05) is 18.0 Å². The Kier molecular flexibility index (Phi) is 6.39. The molecule has 21 heavy (non-hydrogen) atoms. The first-order valence-corrected chi connectivity index (χ1v) is 7.05. The molecule has 0 aliphatic heterocycles. The highest BCUT2D eigenvalue weighted by molar-refractivity contribution is 5.38. The van der Waals surface area contributed by atoms with Crippen molar-refractivity contribution in [3.8, 4) is 0 Å². The zero-order valence-electron chi connectivity index (χ0n) is 12.9. The maximum absolute atomic E-state index is 12.6. The fraction of sp³-hybridized carbons (Fsp3) is 0.714. The van der Waals surface area contributed by atoms with Crippen LogP contribution in [0.5, 0.6) is 0 Å². The monoisotopic (exact) mass is 304 g/mol.